The predicted molar refractivity (Wildman–Crippen MR) is 110 cm³/mol. The molecule has 154 valence electrons. The van der Waals surface area contributed by atoms with E-state index in [0.29, 0.717) is 0 Å². The van der Waals surface area contributed by atoms with Gasteiger partial charge in [-0.1, -0.05) is 19.1 Å². The van der Waals surface area contributed by atoms with Gasteiger partial charge in [0.05, 0.1) is 12.2 Å². The Kier molecular flexibility index (Phi) is 5.65. The summed E-state index contributed by atoms with van der Waals surface area (Å²) in [7, 11) is 1.86. The van der Waals surface area contributed by atoms with Crippen LogP contribution >= 0.6 is 0 Å². The number of rotatable bonds is 3. The van der Waals surface area contributed by atoms with Crippen LogP contribution in [0.2, 0.25) is 0 Å². The van der Waals surface area contributed by atoms with Crippen LogP contribution in [-0.2, 0) is 6.42 Å². The summed E-state index contributed by atoms with van der Waals surface area (Å²) >= 11 is 0. The molecule has 6 nitrogen and oxygen atoms in total. The molecule has 2 atom stereocenters. The zero-order valence-electron chi connectivity index (χ0n) is 17.0. The van der Waals surface area contributed by atoms with Crippen molar-refractivity contribution in [3.8, 4) is 0 Å². The van der Waals surface area contributed by atoms with E-state index < -0.39 is 0 Å². The zero-order valence-corrected chi connectivity index (χ0v) is 17.0. The van der Waals surface area contributed by atoms with Crippen molar-refractivity contribution in [2.24, 2.45) is 5.92 Å². The van der Waals surface area contributed by atoms with Crippen LogP contribution in [0.15, 0.2) is 36.8 Å². The van der Waals surface area contributed by atoms with Gasteiger partial charge in [-0.3, -0.25) is 4.98 Å². The number of amides is 2. The number of benzene rings is 1. The maximum Gasteiger partial charge on any atom is 0.317 e. The fourth-order valence-electron chi connectivity index (χ4n) is 4.53. The number of nitrogens with one attached hydrogen (secondary N) is 1. The van der Waals surface area contributed by atoms with Crippen molar-refractivity contribution in [1.82, 2.24) is 20.2 Å². The molecule has 1 aliphatic carbocycles. The van der Waals surface area contributed by atoms with Gasteiger partial charge in [0.15, 0.2) is 0 Å². The average Bonchev–Trinajstić information content (AvgIpc) is 2.76. The molecule has 2 unspecified atom stereocenters. The second-order valence-electron chi connectivity index (χ2n) is 8.14. The van der Waals surface area contributed by atoms with Crippen LogP contribution in [0.5, 0.6) is 0 Å². The molecule has 1 saturated heterocycles. The van der Waals surface area contributed by atoms with Crippen molar-refractivity contribution in [1.29, 1.82) is 0 Å². The van der Waals surface area contributed by atoms with Gasteiger partial charge in [-0.2, -0.15) is 0 Å². The molecule has 0 radical (unpaired) electrons. The number of halogens is 1. The number of nitrogens with zero attached hydrogens (tertiary/aromatic N) is 4. The number of aromatic nitrogens is 2. The van der Waals surface area contributed by atoms with E-state index in [1.54, 1.807) is 24.7 Å². The van der Waals surface area contributed by atoms with Crippen LogP contribution in [0.1, 0.15) is 43.4 Å². The smallest absolute Gasteiger partial charge is 0.317 e. The second kappa shape index (κ2) is 8.35. The molecule has 1 aromatic heterocycles. The third kappa shape index (κ3) is 4.04. The van der Waals surface area contributed by atoms with Gasteiger partial charge in [-0.25, -0.2) is 14.2 Å². The Bertz CT molecular complexity index is 854. The Morgan fingerprint density at radius 1 is 1.24 bits per heavy atom. The minimum Gasteiger partial charge on any atom is -0.355 e. The molecule has 1 fully saturated rings. The Morgan fingerprint density at radius 2 is 2.03 bits per heavy atom. The first-order valence-electron chi connectivity index (χ1n) is 10.4. The van der Waals surface area contributed by atoms with Crippen LogP contribution in [-0.4, -0.2) is 47.1 Å². The summed E-state index contributed by atoms with van der Waals surface area (Å²) in [5, 5.41) is 3.18. The highest BCUT2D eigenvalue weighted by molar-refractivity contribution is 5.75. The molecule has 0 bridgehead atoms. The molecule has 1 aromatic carbocycles. The number of fused-ring (bicyclic) bond motifs is 1. The molecule has 1 aliphatic heterocycles. The largest absolute Gasteiger partial charge is 0.355 e. The quantitative estimate of drug-likeness (QED) is 0.860. The van der Waals surface area contributed by atoms with E-state index >= 15 is 0 Å². The minimum absolute atomic E-state index is 0.0862. The topological polar surface area (TPSA) is 61.4 Å². The van der Waals surface area contributed by atoms with Gasteiger partial charge < -0.3 is 15.1 Å². The average molecular weight is 397 g/mol. The summed E-state index contributed by atoms with van der Waals surface area (Å²) in [4.78, 5) is 25.5. The maximum atomic E-state index is 14.2. The molecule has 2 aromatic rings. The number of carbonyl (C=O) groups is 1. The number of hydrogen-bond donors (Lipinski definition) is 1. The van der Waals surface area contributed by atoms with Crippen LogP contribution in [0, 0.1) is 11.7 Å². The van der Waals surface area contributed by atoms with E-state index in [0.717, 1.165) is 55.7 Å². The second-order valence-corrected chi connectivity index (χ2v) is 8.14. The lowest BCUT2D eigenvalue weighted by Crippen LogP contribution is -2.50. The van der Waals surface area contributed by atoms with E-state index in [-0.39, 0.29) is 29.8 Å². The van der Waals surface area contributed by atoms with Gasteiger partial charge in [0.1, 0.15) is 11.6 Å². The highest BCUT2D eigenvalue weighted by Gasteiger charge is 2.32. The normalized spacial score (nSPS) is 22.1. The first-order valence-corrected chi connectivity index (χ1v) is 10.4. The fraction of sp³-hybridized carbons (Fsp3) is 0.500. The maximum absolute atomic E-state index is 14.2. The summed E-state index contributed by atoms with van der Waals surface area (Å²) in [6.45, 7) is 3.81. The van der Waals surface area contributed by atoms with Crippen LogP contribution in [0.3, 0.4) is 0 Å². The van der Waals surface area contributed by atoms with E-state index in [1.165, 1.54) is 6.07 Å². The van der Waals surface area contributed by atoms with Crippen molar-refractivity contribution >= 4 is 11.8 Å². The van der Waals surface area contributed by atoms with E-state index in [4.69, 9.17) is 0 Å². The molecule has 0 saturated carbocycles. The van der Waals surface area contributed by atoms with Crippen molar-refractivity contribution in [3.63, 3.8) is 0 Å². The molecule has 0 spiro atoms. The van der Waals surface area contributed by atoms with Gasteiger partial charge in [0.2, 0.25) is 0 Å². The first kappa shape index (κ1) is 19.6. The van der Waals surface area contributed by atoms with Gasteiger partial charge >= 0.3 is 6.03 Å². The fourth-order valence-corrected chi connectivity index (χ4v) is 4.53. The minimum atomic E-state index is -0.168. The Hall–Kier alpha value is -2.70. The third-order valence-electron chi connectivity index (χ3n) is 6.39. The Morgan fingerprint density at radius 3 is 2.76 bits per heavy atom. The lowest BCUT2D eigenvalue weighted by molar-refractivity contribution is 0.170. The monoisotopic (exact) mass is 397 g/mol. The van der Waals surface area contributed by atoms with Gasteiger partial charge in [0.25, 0.3) is 0 Å². The molecular formula is C22H28FN5O. The summed E-state index contributed by atoms with van der Waals surface area (Å²) in [6, 6.07) is 5.12. The number of piperidine rings is 1. The summed E-state index contributed by atoms with van der Waals surface area (Å²) in [6.07, 6.45) is 8.51. The van der Waals surface area contributed by atoms with Gasteiger partial charge in [-0.15, -0.1) is 0 Å². The standard InChI is InChI=1S/C22H28FN5O/c1-15-6-7-17-18(4-3-5-19(17)23)21(15)26-22(29)27(2)16-8-12-28(13-9-16)20-14-24-10-11-25-20/h3-5,10-11,14-16,21H,6-9,12-13H2,1-2H3,(H,26,29). The Balaban J connectivity index is 1.39. The van der Waals surface area contributed by atoms with E-state index in [1.807, 2.05) is 18.0 Å². The first-order chi connectivity index (χ1) is 14.0. The number of carbonyl (C=O) groups excluding carboxylic acids is 1. The van der Waals surface area contributed by atoms with Crippen molar-refractivity contribution in [2.75, 3.05) is 25.0 Å². The molecule has 2 amide bonds. The van der Waals surface area contributed by atoms with Gasteiger partial charge in [0, 0.05) is 38.6 Å². The lowest BCUT2D eigenvalue weighted by atomic mass is 9.80. The van der Waals surface area contributed by atoms with Crippen molar-refractivity contribution in [2.45, 2.75) is 44.7 Å². The highest BCUT2D eigenvalue weighted by atomic mass is 19.1. The highest BCUT2D eigenvalue weighted by Crippen LogP contribution is 2.35. The van der Waals surface area contributed by atoms with Crippen molar-refractivity contribution < 1.29 is 9.18 Å². The number of urea groups is 1. The molecule has 2 heterocycles. The van der Waals surface area contributed by atoms with Crippen LogP contribution in [0.25, 0.3) is 0 Å². The molecule has 7 heteroatoms. The molecule has 4 rings (SSSR count). The zero-order chi connectivity index (χ0) is 20.4. The molecule has 29 heavy (non-hydrogen) atoms. The van der Waals surface area contributed by atoms with Crippen LogP contribution < -0.4 is 10.2 Å². The molecule has 2 aliphatic rings. The van der Waals surface area contributed by atoms with Gasteiger partial charge in [-0.05, 0) is 48.8 Å². The summed E-state index contributed by atoms with van der Waals surface area (Å²) < 4.78 is 14.2. The molecule has 1 N–H and O–H groups in total. The summed E-state index contributed by atoms with van der Waals surface area (Å²) in [5.41, 5.74) is 1.67. The van der Waals surface area contributed by atoms with Crippen LogP contribution in [0.4, 0.5) is 15.0 Å². The van der Waals surface area contributed by atoms with E-state index in [9.17, 15) is 9.18 Å². The number of hydrogen-bond acceptors (Lipinski definition) is 4. The predicted octanol–water partition coefficient (Wildman–Crippen LogP) is 3.55. The third-order valence-corrected chi connectivity index (χ3v) is 6.39. The number of anilines is 1. The molecular weight excluding hydrogens is 369 g/mol. The Labute approximate surface area is 171 Å². The van der Waals surface area contributed by atoms with Crippen molar-refractivity contribution in [3.05, 3.63) is 53.7 Å². The summed E-state index contributed by atoms with van der Waals surface area (Å²) in [5.74, 6) is 0.992. The van der Waals surface area contributed by atoms with E-state index in [2.05, 4.69) is 27.1 Å². The SMILES string of the molecule is CC1CCc2c(F)cccc2C1NC(=O)N(C)C1CCN(c2cnccn2)CC1. The lowest BCUT2D eigenvalue weighted by Gasteiger charge is -2.39.